The van der Waals surface area contributed by atoms with E-state index >= 15 is 0 Å². The molecule has 5 nitrogen and oxygen atoms in total. The Balaban J connectivity index is 2.00. The molecule has 0 aromatic heterocycles. The van der Waals surface area contributed by atoms with Crippen molar-refractivity contribution in [1.82, 2.24) is 10.2 Å². The first-order valence-corrected chi connectivity index (χ1v) is 6.81. The van der Waals surface area contributed by atoms with E-state index < -0.39 is 0 Å². The monoisotopic (exact) mass is 256 g/mol. The molecule has 2 aliphatic rings. The summed E-state index contributed by atoms with van der Waals surface area (Å²) in [5, 5.41) is 12.3. The summed E-state index contributed by atoms with van der Waals surface area (Å²) in [4.78, 5) is 14.2. The molecule has 2 heterocycles. The summed E-state index contributed by atoms with van der Waals surface area (Å²) >= 11 is 0. The van der Waals surface area contributed by atoms with Crippen LogP contribution < -0.4 is 5.32 Å². The number of nitrogens with one attached hydrogen (secondary N) is 1. The lowest BCUT2D eigenvalue weighted by Gasteiger charge is -2.43. The first-order chi connectivity index (χ1) is 8.52. The van der Waals surface area contributed by atoms with E-state index in [1.54, 1.807) is 0 Å². The fraction of sp³-hybridized carbons (Fsp3) is 0.923. The lowest BCUT2D eigenvalue weighted by atomic mass is 9.96. The fourth-order valence-corrected chi connectivity index (χ4v) is 2.87. The largest absolute Gasteiger partial charge is 0.396 e. The van der Waals surface area contributed by atoms with Gasteiger partial charge in [-0.15, -0.1) is 0 Å². The Bertz CT molecular complexity index is 301. The molecule has 5 heteroatoms. The Morgan fingerprint density at radius 3 is 2.94 bits per heavy atom. The van der Waals surface area contributed by atoms with Crippen molar-refractivity contribution in [3.05, 3.63) is 0 Å². The van der Waals surface area contributed by atoms with E-state index in [-0.39, 0.29) is 30.2 Å². The number of hydrogen-bond donors (Lipinski definition) is 2. The molecule has 104 valence electrons. The van der Waals surface area contributed by atoms with E-state index in [9.17, 15) is 4.79 Å². The zero-order valence-corrected chi connectivity index (χ0v) is 11.3. The fourth-order valence-electron chi connectivity index (χ4n) is 2.87. The van der Waals surface area contributed by atoms with Gasteiger partial charge < -0.3 is 14.7 Å². The Morgan fingerprint density at radius 2 is 2.33 bits per heavy atom. The van der Waals surface area contributed by atoms with Gasteiger partial charge in [-0.2, -0.15) is 0 Å². The molecule has 0 radical (unpaired) electrons. The number of ether oxygens (including phenoxy) is 1. The number of aliphatic hydroxyl groups excluding tert-OH is 1. The van der Waals surface area contributed by atoms with Crippen LogP contribution in [0.25, 0.3) is 0 Å². The van der Waals surface area contributed by atoms with Crippen LogP contribution in [0.5, 0.6) is 0 Å². The topological polar surface area (TPSA) is 61.8 Å². The molecule has 0 bridgehead atoms. The number of amides is 1. The average Bonchev–Trinajstić information content (AvgIpc) is 2.77. The Kier molecular flexibility index (Phi) is 4.25. The van der Waals surface area contributed by atoms with Crippen LogP contribution in [0.3, 0.4) is 0 Å². The van der Waals surface area contributed by atoms with Gasteiger partial charge in [0.1, 0.15) is 0 Å². The molecule has 2 atom stereocenters. The van der Waals surface area contributed by atoms with Crippen LogP contribution in [0.4, 0.5) is 0 Å². The van der Waals surface area contributed by atoms with Crippen molar-refractivity contribution in [2.45, 2.75) is 50.8 Å². The first kappa shape index (κ1) is 13.8. The Labute approximate surface area is 108 Å². The highest BCUT2D eigenvalue weighted by molar-refractivity contribution is 5.83. The van der Waals surface area contributed by atoms with Crippen molar-refractivity contribution in [2.24, 2.45) is 0 Å². The van der Waals surface area contributed by atoms with Gasteiger partial charge in [-0.25, -0.2) is 0 Å². The normalized spacial score (nSPS) is 31.9. The molecular weight excluding hydrogens is 232 g/mol. The van der Waals surface area contributed by atoms with E-state index in [0.717, 1.165) is 19.4 Å². The van der Waals surface area contributed by atoms with Crippen LogP contribution in [-0.2, 0) is 9.53 Å². The van der Waals surface area contributed by atoms with Gasteiger partial charge in [-0.1, -0.05) is 0 Å². The Hall–Kier alpha value is -0.650. The first-order valence-electron chi connectivity index (χ1n) is 6.81. The summed E-state index contributed by atoms with van der Waals surface area (Å²) in [7, 11) is 0. The molecule has 0 aliphatic carbocycles. The van der Waals surface area contributed by atoms with Crippen molar-refractivity contribution < 1.29 is 14.6 Å². The van der Waals surface area contributed by atoms with Crippen molar-refractivity contribution in [3.8, 4) is 0 Å². The molecule has 2 fully saturated rings. The van der Waals surface area contributed by atoms with Gasteiger partial charge >= 0.3 is 0 Å². The molecule has 2 unspecified atom stereocenters. The lowest BCUT2D eigenvalue weighted by Crippen LogP contribution is -2.65. The molecule has 0 spiro atoms. The summed E-state index contributed by atoms with van der Waals surface area (Å²) < 4.78 is 5.60. The number of rotatable bonds is 4. The molecule has 2 rings (SSSR count). The van der Waals surface area contributed by atoms with Crippen molar-refractivity contribution in [2.75, 3.05) is 26.3 Å². The van der Waals surface area contributed by atoms with Crippen LogP contribution >= 0.6 is 0 Å². The van der Waals surface area contributed by atoms with Gasteiger partial charge in [0.05, 0.1) is 12.1 Å². The van der Waals surface area contributed by atoms with Crippen molar-refractivity contribution >= 4 is 5.91 Å². The second-order valence-electron chi connectivity index (χ2n) is 5.95. The standard InChI is InChI=1S/C13H24N2O3/c1-13(2)9-15(8-10-4-3-7-18-10)12(17)11(14-13)5-6-16/h10-11,14,16H,3-9H2,1-2H3. The number of piperazine rings is 1. The number of carbonyl (C=O) groups is 1. The van der Waals surface area contributed by atoms with Crippen LogP contribution in [-0.4, -0.2) is 59.9 Å². The predicted molar refractivity (Wildman–Crippen MR) is 68.3 cm³/mol. The van der Waals surface area contributed by atoms with E-state index in [2.05, 4.69) is 19.2 Å². The van der Waals surface area contributed by atoms with E-state index in [0.29, 0.717) is 19.5 Å². The summed E-state index contributed by atoms with van der Waals surface area (Å²) in [6, 6.07) is -0.264. The lowest BCUT2D eigenvalue weighted by molar-refractivity contribution is -0.141. The molecule has 2 saturated heterocycles. The van der Waals surface area contributed by atoms with Crippen molar-refractivity contribution in [3.63, 3.8) is 0 Å². The zero-order chi connectivity index (χ0) is 13.2. The molecule has 0 saturated carbocycles. The third-order valence-electron chi connectivity index (χ3n) is 3.63. The summed E-state index contributed by atoms with van der Waals surface area (Å²) in [5.74, 6) is 0.0962. The minimum absolute atomic E-state index is 0.0350. The minimum Gasteiger partial charge on any atom is -0.396 e. The quantitative estimate of drug-likeness (QED) is 0.750. The highest BCUT2D eigenvalue weighted by atomic mass is 16.5. The molecule has 0 aromatic rings. The van der Waals surface area contributed by atoms with Crippen molar-refractivity contribution in [1.29, 1.82) is 0 Å². The highest BCUT2D eigenvalue weighted by Gasteiger charge is 2.38. The Morgan fingerprint density at radius 1 is 1.56 bits per heavy atom. The third kappa shape index (κ3) is 3.22. The maximum Gasteiger partial charge on any atom is 0.239 e. The maximum absolute atomic E-state index is 12.3. The van der Waals surface area contributed by atoms with Gasteiger partial charge in [0, 0.05) is 31.8 Å². The molecule has 2 N–H and O–H groups in total. The summed E-state index contributed by atoms with van der Waals surface area (Å²) in [5.41, 5.74) is -0.105. The van der Waals surface area contributed by atoms with E-state index in [4.69, 9.17) is 9.84 Å². The number of nitrogens with zero attached hydrogens (tertiary/aromatic N) is 1. The molecule has 0 aromatic carbocycles. The van der Waals surface area contributed by atoms with E-state index in [1.165, 1.54) is 0 Å². The zero-order valence-electron chi connectivity index (χ0n) is 11.3. The number of carbonyl (C=O) groups excluding carboxylic acids is 1. The smallest absolute Gasteiger partial charge is 0.239 e. The molecular formula is C13H24N2O3. The third-order valence-corrected chi connectivity index (χ3v) is 3.63. The highest BCUT2D eigenvalue weighted by Crippen LogP contribution is 2.20. The van der Waals surface area contributed by atoms with Gasteiger partial charge in [0.2, 0.25) is 5.91 Å². The van der Waals surface area contributed by atoms with Crippen LogP contribution in [0.2, 0.25) is 0 Å². The average molecular weight is 256 g/mol. The van der Waals surface area contributed by atoms with Crippen LogP contribution in [0.1, 0.15) is 33.1 Å². The second-order valence-corrected chi connectivity index (χ2v) is 5.95. The van der Waals surface area contributed by atoms with Gasteiger partial charge in [0.15, 0.2) is 0 Å². The number of hydrogen-bond acceptors (Lipinski definition) is 4. The maximum atomic E-state index is 12.3. The predicted octanol–water partition coefficient (Wildman–Crippen LogP) is 0.127. The van der Waals surface area contributed by atoms with Crippen LogP contribution in [0.15, 0.2) is 0 Å². The molecule has 2 aliphatic heterocycles. The number of aliphatic hydroxyl groups is 1. The molecule has 18 heavy (non-hydrogen) atoms. The summed E-state index contributed by atoms with van der Waals surface area (Å²) in [6.07, 6.45) is 2.80. The second kappa shape index (κ2) is 5.55. The van der Waals surface area contributed by atoms with Crippen LogP contribution in [0, 0.1) is 0 Å². The van der Waals surface area contributed by atoms with Gasteiger partial charge in [-0.3, -0.25) is 10.1 Å². The SMILES string of the molecule is CC1(C)CN(CC2CCCO2)C(=O)C(CCO)N1. The van der Waals surface area contributed by atoms with Gasteiger partial charge in [-0.05, 0) is 33.1 Å². The summed E-state index contributed by atoms with van der Waals surface area (Å²) in [6.45, 7) is 6.42. The molecule has 1 amide bonds. The van der Waals surface area contributed by atoms with Gasteiger partial charge in [0.25, 0.3) is 0 Å². The minimum atomic E-state index is -0.264. The van der Waals surface area contributed by atoms with E-state index in [1.807, 2.05) is 4.90 Å².